The second-order valence-electron chi connectivity index (χ2n) is 7.67. The number of benzene rings is 2. The van der Waals surface area contributed by atoms with Crippen LogP contribution in [0.2, 0.25) is 0 Å². The molecule has 5 heteroatoms. The molecule has 0 unspecified atom stereocenters. The summed E-state index contributed by atoms with van der Waals surface area (Å²) in [5.74, 6) is -1.75. The molecule has 4 rings (SSSR count). The standard InChI is InChI=1S/2C8H11.2C6H5FO.Zr/c2*1-6-4-5-7(2)8(6)3;2*7-5-3-1-2-4-6(5)8;/h2*4H2,1-3H3;2*1-4,8H;/q2*-1;;;+2. The van der Waals surface area contributed by atoms with Gasteiger partial charge < -0.3 is 10.2 Å². The first kappa shape index (κ1) is 30.7. The molecule has 0 saturated heterocycles. The molecule has 2 nitrogen and oxygen atoms in total. The molecule has 0 heterocycles. The number of allylic oxidation sites excluding steroid dienone is 8. The fourth-order valence-corrected chi connectivity index (χ4v) is 2.60. The summed E-state index contributed by atoms with van der Waals surface area (Å²) in [6.45, 7) is 12.9. The Morgan fingerprint density at radius 2 is 0.909 bits per heavy atom. The van der Waals surface area contributed by atoms with Gasteiger partial charge in [-0.2, -0.15) is 22.3 Å². The first-order valence-corrected chi connectivity index (χ1v) is 10.4. The Morgan fingerprint density at radius 3 is 1.03 bits per heavy atom. The number of rotatable bonds is 0. The van der Waals surface area contributed by atoms with E-state index in [1.165, 1.54) is 69.8 Å². The van der Waals surface area contributed by atoms with Crippen LogP contribution in [0, 0.1) is 23.8 Å². The van der Waals surface area contributed by atoms with E-state index in [0.717, 1.165) is 12.8 Å². The van der Waals surface area contributed by atoms with Crippen molar-refractivity contribution < 1.29 is 45.2 Å². The van der Waals surface area contributed by atoms with Crippen molar-refractivity contribution in [2.75, 3.05) is 0 Å². The summed E-state index contributed by atoms with van der Waals surface area (Å²) in [6, 6.07) is 11.2. The van der Waals surface area contributed by atoms with E-state index in [-0.39, 0.29) is 37.7 Å². The van der Waals surface area contributed by atoms with Crippen LogP contribution in [0.25, 0.3) is 0 Å². The summed E-state index contributed by atoms with van der Waals surface area (Å²) in [7, 11) is 0. The SMILES string of the molecule is CC1=[C-]CC(C)=C1C.CC1=[C-]CC(C)=C1C.Oc1ccccc1F.Oc1ccccc1F.[Zr+2]. The van der Waals surface area contributed by atoms with Crippen LogP contribution in [0.5, 0.6) is 11.5 Å². The molecule has 2 aromatic rings. The molecule has 174 valence electrons. The second kappa shape index (κ2) is 15.6. The first-order chi connectivity index (χ1) is 15.0. The van der Waals surface area contributed by atoms with E-state index in [0.29, 0.717) is 0 Å². The molecule has 2 aliphatic carbocycles. The molecule has 0 saturated carbocycles. The molecular weight excluding hydrogens is 498 g/mol. The molecule has 0 amide bonds. The van der Waals surface area contributed by atoms with Gasteiger partial charge in [-0.1, -0.05) is 52.0 Å². The van der Waals surface area contributed by atoms with Crippen molar-refractivity contribution in [1.82, 2.24) is 0 Å². The van der Waals surface area contributed by atoms with Crippen LogP contribution in [-0.2, 0) is 26.2 Å². The molecule has 0 atom stereocenters. The maximum atomic E-state index is 12.1. The topological polar surface area (TPSA) is 40.5 Å². The van der Waals surface area contributed by atoms with Gasteiger partial charge in [0, 0.05) is 0 Å². The maximum absolute atomic E-state index is 12.1. The second-order valence-corrected chi connectivity index (χ2v) is 7.67. The zero-order valence-electron chi connectivity index (χ0n) is 20.2. The number of hydrogen-bond acceptors (Lipinski definition) is 2. The summed E-state index contributed by atoms with van der Waals surface area (Å²) in [5, 5.41) is 17.1. The van der Waals surface area contributed by atoms with E-state index >= 15 is 0 Å². The summed E-state index contributed by atoms with van der Waals surface area (Å²) in [6.07, 6.45) is 8.63. The largest absolute Gasteiger partial charge is 2.00 e. The first-order valence-electron chi connectivity index (χ1n) is 10.4. The van der Waals surface area contributed by atoms with Crippen LogP contribution in [0.15, 0.2) is 82.0 Å². The van der Waals surface area contributed by atoms with Crippen LogP contribution in [0.4, 0.5) is 8.78 Å². The molecular formula is C28H32F2O2Zr. The summed E-state index contributed by atoms with van der Waals surface area (Å²) in [5.41, 5.74) is 8.49. The predicted octanol–water partition coefficient (Wildman–Crippen LogP) is 8.01. The van der Waals surface area contributed by atoms with Crippen LogP contribution in [-0.4, -0.2) is 10.2 Å². The number of phenolic OH excluding ortho intramolecular Hbond substituents is 2. The minimum atomic E-state index is -0.576. The smallest absolute Gasteiger partial charge is 0.505 e. The van der Waals surface area contributed by atoms with Gasteiger partial charge >= 0.3 is 26.2 Å². The normalized spacial score (nSPS) is 13.9. The minimum Gasteiger partial charge on any atom is -0.505 e. The number of aromatic hydroxyl groups is 2. The number of halogens is 2. The van der Waals surface area contributed by atoms with Crippen LogP contribution in [0.1, 0.15) is 54.4 Å². The van der Waals surface area contributed by atoms with Gasteiger partial charge in [0.05, 0.1) is 0 Å². The number of phenols is 2. The third-order valence-electron chi connectivity index (χ3n) is 5.35. The van der Waals surface area contributed by atoms with Gasteiger partial charge in [0.2, 0.25) is 0 Å². The van der Waals surface area contributed by atoms with Crippen molar-refractivity contribution in [1.29, 1.82) is 0 Å². The van der Waals surface area contributed by atoms with Gasteiger partial charge in [0.1, 0.15) is 0 Å². The molecule has 2 aliphatic rings. The van der Waals surface area contributed by atoms with E-state index in [1.807, 2.05) is 0 Å². The number of hydrogen-bond donors (Lipinski definition) is 2. The van der Waals surface area contributed by atoms with Crippen molar-refractivity contribution in [3.05, 3.63) is 106 Å². The Labute approximate surface area is 216 Å². The van der Waals surface area contributed by atoms with Crippen molar-refractivity contribution in [2.24, 2.45) is 0 Å². The molecule has 0 radical (unpaired) electrons. The molecule has 0 spiro atoms. The van der Waals surface area contributed by atoms with Gasteiger partial charge in [-0.15, -0.1) is 26.7 Å². The molecule has 0 bridgehead atoms. The predicted molar refractivity (Wildman–Crippen MR) is 127 cm³/mol. The van der Waals surface area contributed by atoms with Crippen LogP contribution in [0.3, 0.4) is 0 Å². The van der Waals surface area contributed by atoms with Gasteiger partial charge in [-0.3, -0.25) is 12.2 Å². The maximum Gasteiger partial charge on any atom is 2.00 e. The van der Waals surface area contributed by atoms with Crippen LogP contribution < -0.4 is 0 Å². The van der Waals surface area contributed by atoms with Crippen molar-refractivity contribution in [3.8, 4) is 11.5 Å². The van der Waals surface area contributed by atoms with Crippen molar-refractivity contribution >= 4 is 0 Å². The van der Waals surface area contributed by atoms with E-state index < -0.39 is 11.6 Å². The molecule has 33 heavy (non-hydrogen) atoms. The molecule has 0 fully saturated rings. The molecule has 2 aromatic carbocycles. The van der Waals surface area contributed by atoms with Gasteiger partial charge in [0.15, 0.2) is 23.1 Å². The van der Waals surface area contributed by atoms with Crippen LogP contribution >= 0.6 is 0 Å². The average Bonchev–Trinajstić information content (AvgIpc) is 3.23. The average molecular weight is 530 g/mol. The Kier molecular flexibility index (Phi) is 14.5. The Bertz CT molecular complexity index is 897. The van der Waals surface area contributed by atoms with E-state index in [4.69, 9.17) is 10.2 Å². The quantitative estimate of drug-likeness (QED) is 0.339. The Hall–Kier alpha value is -2.26. The zero-order chi connectivity index (χ0) is 24.3. The van der Waals surface area contributed by atoms with E-state index in [1.54, 1.807) is 12.1 Å². The fourth-order valence-electron chi connectivity index (χ4n) is 2.60. The van der Waals surface area contributed by atoms with Gasteiger partial charge in [-0.05, 0) is 24.3 Å². The molecule has 0 aliphatic heterocycles. The fraction of sp³-hybridized carbons (Fsp3) is 0.286. The third kappa shape index (κ3) is 10.9. The van der Waals surface area contributed by atoms with E-state index in [9.17, 15) is 8.78 Å². The van der Waals surface area contributed by atoms with Gasteiger partial charge in [-0.25, -0.2) is 19.9 Å². The summed E-state index contributed by atoms with van der Waals surface area (Å²) in [4.78, 5) is 0. The molecule has 0 aromatic heterocycles. The molecule has 2 N–H and O–H groups in total. The van der Waals surface area contributed by atoms with Gasteiger partial charge in [0.25, 0.3) is 0 Å². The summed E-state index contributed by atoms with van der Waals surface area (Å²) < 4.78 is 24.1. The zero-order valence-corrected chi connectivity index (χ0v) is 22.6. The summed E-state index contributed by atoms with van der Waals surface area (Å²) >= 11 is 0. The Balaban J connectivity index is 0.000000410. The van der Waals surface area contributed by atoms with Crippen molar-refractivity contribution in [3.63, 3.8) is 0 Å². The number of para-hydroxylation sites is 2. The third-order valence-corrected chi connectivity index (χ3v) is 5.35. The van der Waals surface area contributed by atoms with Crippen molar-refractivity contribution in [2.45, 2.75) is 54.4 Å². The minimum absolute atomic E-state index is 0. The van der Waals surface area contributed by atoms with E-state index in [2.05, 4.69) is 53.7 Å². The Morgan fingerprint density at radius 1 is 0.606 bits per heavy atom. The monoisotopic (exact) mass is 528 g/mol.